The summed E-state index contributed by atoms with van der Waals surface area (Å²) in [5.74, 6) is -0.337. The van der Waals surface area contributed by atoms with Gasteiger partial charge in [-0.1, -0.05) is 0 Å². The minimum Gasteiger partial charge on any atom is -0.462 e. The molecule has 0 radical (unpaired) electrons. The molecule has 1 heterocycles. The van der Waals surface area contributed by atoms with E-state index in [1.807, 2.05) is 0 Å². The molecule has 112 valence electrons. The average molecular weight is 277 g/mol. The molecule has 1 aliphatic rings. The monoisotopic (exact) mass is 277 g/mol. The van der Waals surface area contributed by atoms with Crippen LogP contribution in [0.1, 0.15) is 6.42 Å². The van der Waals surface area contributed by atoms with Crippen molar-refractivity contribution in [1.29, 1.82) is 0 Å². The van der Waals surface area contributed by atoms with Crippen LogP contribution in [0.4, 0.5) is 0 Å². The van der Waals surface area contributed by atoms with E-state index in [0.29, 0.717) is 46.0 Å². The Morgan fingerprint density at radius 1 is 1.16 bits per heavy atom. The highest BCUT2D eigenvalue weighted by atomic mass is 16.6. The fraction of sp³-hybridized carbons (Fsp3) is 0.917. The molecule has 0 aromatic carbocycles. The molecule has 0 amide bonds. The summed E-state index contributed by atoms with van der Waals surface area (Å²) in [5.41, 5.74) is 0. The van der Waals surface area contributed by atoms with Gasteiger partial charge in [0.25, 0.3) is 0 Å². The van der Waals surface area contributed by atoms with Crippen molar-refractivity contribution >= 4 is 5.97 Å². The van der Waals surface area contributed by atoms with Crippen LogP contribution in [0.5, 0.6) is 0 Å². The third-order valence-corrected chi connectivity index (χ3v) is 2.67. The van der Waals surface area contributed by atoms with E-state index >= 15 is 0 Å². The Morgan fingerprint density at radius 2 is 1.79 bits per heavy atom. The normalized spacial score (nSPS) is 22.6. The number of carbonyl (C=O) groups is 1. The summed E-state index contributed by atoms with van der Waals surface area (Å²) in [4.78, 5) is 11.5. The first-order valence-corrected chi connectivity index (χ1v) is 6.46. The van der Waals surface area contributed by atoms with E-state index in [1.54, 1.807) is 7.11 Å². The van der Waals surface area contributed by atoms with E-state index in [-0.39, 0.29) is 12.6 Å². The summed E-state index contributed by atoms with van der Waals surface area (Å²) in [7, 11) is 1.62. The topological polar surface area (TPSA) is 86.2 Å². The van der Waals surface area contributed by atoms with Gasteiger partial charge in [0.2, 0.25) is 0 Å². The minimum absolute atomic E-state index is 0.213. The van der Waals surface area contributed by atoms with Crippen molar-refractivity contribution in [2.24, 2.45) is 0 Å². The molecule has 1 fully saturated rings. The van der Waals surface area contributed by atoms with E-state index in [9.17, 15) is 9.90 Å². The van der Waals surface area contributed by atoms with Gasteiger partial charge in [-0.25, -0.2) is 0 Å². The van der Waals surface area contributed by atoms with Crippen LogP contribution in [0.15, 0.2) is 0 Å². The van der Waals surface area contributed by atoms with Crippen LogP contribution in [0.3, 0.4) is 0 Å². The lowest BCUT2D eigenvalue weighted by molar-refractivity contribution is -0.147. The minimum atomic E-state index is -0.460. The lowest BCUT2D eigenvalue weighted by Gasteiger charge is -2.10. The molecule has 0 aromatic heterocycles. The second-order valence-corrected chi connectivity index (χ2v) is 4.24. The molecule has 1 aliphatic heterocycles. The second-order valence-electron chi connectivity index (χ2n) is 4.24. The van der Waals surface area contributed by atoms with Gasteiger partial charge in [-0.15, -0.1) is 0 Å². The van der Waals surface area contributed by atoms with Gasteiger partial charge in [0.15, 0.2) is 0 Å². The van der Waals surface area contributed by atoms with Crippen LogP contribution < -0.4 is 5.32 Å². The van der Waals surface area contributed by atoms with Gasteiger partial charge in [-0.2, -0.15) is 0 Å². The summed E-state index contributed by atoms with van der Waals surface area (Å²) >= 11 is 0. The standard InChI is InChI=1S/C12H23NO6/c1-16-2-3-17-4-5-18-6-7-19-12(15)11-8-10(14)9-13-11/h10-11,13-14H,2-9H2,1H3/t10-,11-/m0/s1. The van der Waals surface area contributed by atoms with Crippen molar-refractivity contribution < 1.29 is 28.8 Å². The number of esters is 1. The van der Waals surface area contributed by atoms with Crippen molar-refractivity contribution in [1.82, 2.24) is 5.32 Å². The zero-order chi connectivity index (χ0) is 13.9. The zero-order valence-electron chi connectivity index (χ0n) is 11.3. The highest BCUT2D eigenvalue weighted by Crippen LogP contribution is 2.07. The van der Waals surface area contributed by atoms with Gasteiger partial charge in [-0.3, -0.25) is 4.79 Å². The number of hydrogen-bond donors (Lipinski definition) is 2. The number of hydrogen-bond acceptors (Lipinski definition) is 7. The summed E-state index contributed by atoms with van der Waals surface area (Å²) < 4.78 is 20.3. The number of aliphatic hydroxyl groups is 1. The highest BCUT2D eigenvalue weighted by molar-refractivity contribution is 5.76. The smallest absolute Gasteiger partial charge is 0.323 e. The summed E-state index contributed by atoms with van der Waals surface area (Å²) in [6.07, 6.45) is -0.0504. The molecule has 2 N–H and O–H groups in total. The molecule has 0 saturated carbocycles. The van der Waals surface area contributed by atoms with Crippen molar-refractivity contribution in [3.05, 3.63) is 0 Å². The van der Waals surface area contributed by atoms with Crippen molar-refractivity contribution in [2.45, 2.75) is 18.6 Å². The van der Waals surface area contributed by atoms with Gasteiger partial charge >= 0.3 is 5.97 Å². The summed E-state index contributed by atoms with van der Waals surface area (Å²) in [6.45, 7) is 3.06. The Bertz CT molecular complexity index is 250. The Morgan fingerprint density at radius 3 is 2.37 bits per heavy atom. The molecule has 7 heteroatoms. The Hall–Kier alpha value is -0.730. The van der Waals surface area contributed by atoms with E-state index in [1.165, 1.54) is 0 Å². The van der Waals surface area contributed by atoms with Crippen LogP contribution >= 0.6 is 0 Å². The van der Waals surface area contributed by atoms with Crippen molar-refractivity contribution in [3.8, 4) is 0 Å². The van der Waals surface area contributed by atoms with Gasteiger partial charge in [0.05, 0.1) is 39.1 Å². The quantitative estimate of drug-likeness (QED) is 0.388. The lowest BCUT2D eigenvalue weighted by atomic mass is 10.2. The van der Waals surface area contributed by atoms with Crippen molar-refractivity contribution in [3.63, 3.8) is 0 Å². The Balaban J connectivity index is 1.86. The first kappa shape index (κ1) is 16.3. The number of nitrogens with one attached hydrogen (secondary N) is 1. The molecule has 0 spiro atoms. The average Bonchev–Trinajstić information content (AvgIpc) is 2.83. The second kappa shape index (κ2) is 10.1. The third-order valence-electron chi connectivity index (χ3n) is 2.67. The van der Waals surface area contributed by atoms with Gasteiger partial charge in [0, 0.05) is 20.1 Å². The predicted octanol–water partition coefficient (Wildman–Crippen LogP) is -1.07. The van der Waals surface area contributed by atoms with Gasteiger partial charge in [0.1, 0.15) is 12.6 Å². The maximum absolute atomic E-state index is 11.5. The van der Waals surface area contributed by atoms with E-state index < -0.39 is 12.1 Å². The van der Waals surface area contributed by atoms with E-state index in [2.05, 4.69) is 5.32 Å². The van der Waals surface area contributed by atoms with Crippen LogP contribution in [-0.4, -0.2) is 76.5 Å². The maximum Gasteiger partial charge on any atom is 0.323 e. The highest BCUT2D eigenvalue weighted by Gasteiger charge is 2.28. The zero-order valence-corrected chi connectivity index (χ0v) is 11.3. The fourth-order valence-electron chi connectivity index (χ4n) is 1.66. The number of ether oxygens (including phenoxy) is 4. The Kier molecular flexibility index (Phi) is 8.68. The molecule has 0 aliphatic carbocycles. The van der Waals surface area contributed by atoms with Crippen LogP contribution in [0.25, 0.3) is 0 Å². The van der Waals surface area contributed by atoms with Gasteiger partial charge in [-0.05, 0) is 0 Å². The molecular formula is C12H23NO6. The van der Waals surface area contributed by atoms with E-state index in [4.69, 9.17) is 18.9 Å². The van der Waals surface area contributed by atoms with E-state index in [0.717, 1.165) is 0 Å². The number of rotatable bonds is 10. The molecule has 0 unspecified atom stereocenters. The number of aliphatic hydroxyl groups excluding tert-OH is 1. The molecule has 1 rings (SSSR count). The SMILES string of the molecule is COCCOCCOCCOC(=O)[C@@H]1C[C@H](O)CN1. The number of carbonyl (C=O) groups excluding carboxylic acids is 1. The van der Waals surface area contributed by atoms with Crippen molar-refractivity contribution in [2.75, 3.05) is 53.3 Å². The first-order chi connectivity index (χ1) is 9.24. The largest absolute Gasteiger partial charge is 0.462 e. The lowest BCUT2D eigenvalue weighted by Crippen LogP contribution is -2.33. The first-order valence-electron chi connectivity index (χ1n) is 6.46. The summed E-state index contributed by atoms with van der Waals surface area (Å²) in [6, 6.07) is -0.396. The molecular weight excluding hydrogens is 254 g/mol. The molecule has 0 bridgehead atoms. The fourth-order valence-corrected chi connectivity index (χ4v) is 1.66. The third kappa shape index (κ3) is 7.44. The Labute approximate surface area is 113 Å². The summed E-state index contributed by atoms with van der Waals surface area (Å²) in [5, 5.41) is 12.2. The van der Waals surface area contributed by atoms with Gasteiger partial charge < -0.3 is 29.4 Å². The number of β-amino-alcohol motifs (C(OH)–C–C–N with tert-alkyl or cyclic N) is 1. The van der Waals surface area contributed by atoms with Crippen LogP contribution in [0, 0.1) is 0 Å². The predicted molar refractivity (Wildman–Crippen MR) is 66.9 cm³/mol. The van der Waals surface area contributed by atoms with Crippen LogP contribution in [-0.2, 0) is 23.7 Å². The molecule has 2 atom stereocenters. The molecule has 1 saturated heterocycles. The molecule has 0 aromatic rings. The van der Waals surface area contributed by atoms with Crippen LogP contribution in [0.2, 0.25) is 0 Å². The molecule has 19 heavy (non-hydrogen) atoms. The maximum atomic E-state index is 11.5. The molecule has 7 nitrogen and oxygen atoms in total. The number of methoxy groups -OCH3 is 1.